The van der Waals surface area contributed by atoms with Crippen LogP contribution >= 0.6 is 12.2 Å². The number of nitrogens with zero attached hydrogens (tertiary/aromatic N) is 1. The van der Waals surface area contributed by atoms with Crippen LogP contribution in [0.3, 0.4) is 0 Å². The second kappa shape index (κ2) is 5.00. The third kappa shape index (κ3) is 2.75. The highest BCUT2D eigenvalue weighted by Gasteiger charge is 2.30. The van der Waals surface area contributed by atoms with E-state index in [0.717, 1.165) is 18.7 Å². The zero-order chi connectivity index (χ0) is 12.4. The second-order valence-electron chi connectivity index (χ2n) is 4.45. The lowest BCUT2D eigenvalue weighted by molar-refractivity contribution is 0.626. The molecule has 2 rings (SSSR count). The van der Waals surface area contributed by atoms with E-state index in [1.54, 1.807) is 6.07 Å². The zero-order valence-electron chi connectivity index (χ0n) is 9.95. The number of anilines is 1. The van der Waals surface area contributed by atoms with Gasteiger partial charge in [0.2, 0.25) is 0 Å². The summed E-state index contributed by atoms with van der Waals surface area (Å²) in [6.07, 6.45) is 3.47. The average Bonchev–Trinajstić information content (AvgIpc) is 3.10. The molecule has 1 fully saturated rings. The number of rotatable bonds is 5. The molecule has 0 aliphatic heterocycles. The minimum Gasteiger partial charge on any atom is -0.389 e. The number of hydrogen-bond donors (Lipinski definition) is 1. The van der Waals surface area contributed by atoms with Crippen molar-refractivity contribution in [3.63, 3.8) is 0 Å². The Labute approximate surface area is 107 Å². The Morgan fingerprint density at radius 2 is 2.24 bits per heavy atom. The van der Waals surface area contributed by atoms with Gasteiger partial charge in [0.1, 0.15) is 10.8 Å². The van der Waals surface area contributed by atoms with Crippen molar-refractivity contribution in [1.29, 1.82) is 0 Å². The van der Waals surface area contributed by atoms with E-state index in [0.29, 0.717) is 11.6 Å². The molecule has 0 heterocycles. The number of halogens is 1. The van der Waals surface area contributed by atoms with Crippen LogP contribution in [0.2, 0.25) is 0 Å². The molecule has 1 aromatic rings. The quantitative estimate of drug-likeness (QED) is 0.817. The number of benzene rings is 1. The minimum atomic E-state index is -0.288. The fourth-order valence-electron chi connectivity index (χ4n) is 2.08. The van der Waals surface area contributed by atoms with Crippen molar-refractivity contribution in [3.8, 4) is 0 Å². The number of nitrogens with two attached hydrogens (primary N) is 1. The Kier molecular flexibility index (Phi) is 3.62. The molecule has 1 saturated carbocycles. The van der Waals surface area contributed by atoms with Crippen LogP contribution < -0.4 is 10.6 Å². The molecular weight excluding hydrogens is 235 g/mol. The van der Waals surface area contributed by atoms with Gasteiger partial charge in [-0.1, -0.05) is 19.1 Å². The molecule has 0 saturated heterocycles. The zero-order valence-corrected chi connectivity index (χ0v) is 10.8. The van der Waals surface area contributed by atoms with Crippen LogP contribution in [0.1, 0.15) is 31.7 Å². The molecule has 4 heteroatoms. The van der Waals surface area contributed by atoms with Gasteiger partial charge in [-0.05, 0) is 37.5 Å². The van der Waals surface area contributed by atoms with E-state index in [4.69, 9.17) is 18.0 Å². The summed E-state index contributed by atoms with van der Waals surface area (Å²) in [5.41, 5.74) is 7.30. The van der Waals surface area contributed by atoms with Gasteiger partial charge in [-0.15, -0.1) is 0 Å². The summed E-state index contributed by atoms with van der Waals surface area (Å²) < 4.78 is 13.2. The van der Waals surface area contributed by atoms with Crippen molar-refractivity contribution >= 4 is 22.9 Å². The van der Waals surface area contributed by atoms with Crippen LogP contribution in [-0.4, -0.2) is 17.6 Å². The van der Waals surface area contributed by atoms with Gasteiger partial charge >= 0.3 is 0 Å². The first kappa shape index (κ1) is 12.3. The minimum absolute atomic E-state index is 0.265. The lowest BCUT2D eigenvalue weighted by Crippen LogP contribution is -2.29. The van der Waals surface area contributed by atoms with E-state index in [-0.39, 0.29) is 10.8 Å². The molecule has 2 N–H and O–H groups in total. The van der Waals surface area contributed by atoms with Gasteiger partial charge in [-0.2, -0.15) is 0 Å². The Hall–Kier alpha value is -1.16. The predicted octanol–water partition coefficient (Wildman–Crippen LogP) is 2.84. The van der Waals surface area contributed by atoms with Crippen LogP contribution in [-0.2, 0) is 0 Å². The van der Waals surface area contributed by atoms with E-state index in [1.807, 2.05) is 0 Å². The summed E-state index contributed by atoms with van der Waals surface area (Å²) >= 11 is 5.00. The van der Waals surface area contributed by atoms with E-state index in [9.17, 15) is 4.39 Å². The van der Waals surface area contributed by atoms with Gasteiger partial charge in [0.05, 0.1) is 0 Å². The molecule has 0 amide bonds. The second-order valence-corrected chi connectivity index (χ2v) is 4.89. The summed E-state index contributed by atoms with van der Waals surface area (Å²) in [4.78, 5) is 2.56. The summed E-state index contributed by atoms with van der Waals surface area (Å²) in [5.74, 6) is -0.288. The SMILES string of the molecule is CCCN(c1ccc(F)cc1C(N)=S)C1CC1. The third-order valence-electron chi connectivity index (χ3n) is 2.99. The molecule has 1 aromatic carbocycles. The summed E-state index contributed by atoms with van der Waals surface area (Å²) in [7, 11) is 0. The lowest BCUT2D eigenvalue weighted by Gasteiger charge is -2.26. The first-order chi connectivity index (χ1) is 8.13. The maximum Gasteiger partial charge on any atom is 0.124 e. The topological polar surface area (TPSA) is 29.3 Å². The van der Waals surface area contributed by atoms with Crippen molar-refractivity contribution in [3.05, 3.63) is 29.6 Å². The highest BCUT2D eigenvalue weighted by atomic mass is 32.1. The Morgan fingerprint density at radius 3 is 2.76 bits per heavy atom. The van der Waals surface area contributed by atoms with Gasteiger partial charge in [0.15, 0.2) is 0 Å². The van der Waals surface area contributed by atoms with Gasteiger partial charge in [0.25, 0.3) is 0 Å². The summed E-state index contributed by atoms with van der Waals surface area (Å²) in [6, 6.07) is 5.27. The Bertz CT molecular complexity index is 429. The molecule has 0 bridgehead atoms. The van der Waals surface area contributed by atoms with E-state index in [2.05, 4.69) is 11.8 Å². The molecular formula is C13H17FN2S. The molecule has 17 heavy (non-hydrogen) atoms. The summed E-state index contributed by atoms with van der Waals surface area (Å²) in [6.45, 7) is 3.10. The molecule has 1 aliphatic carbocycles. The first-order valence-corrected chi connectivity index (χ1v) is 6.40. The van der Waals surface area contributed by atoms with E-state index >= 15 is 0 Å². The van der Waals surface area contributed by atoms with Crippen molar-refractivity contribution in [2.75, 3.05) is 11.4 Å². The fourth-order valence-corrected chi connectivity index (χ4v) is 2.25. The molecule has 0 spiro atoms. The van der Waals surface area contributed by atoms with Gasteiger partial charge in [-0.3, -0.25) is 0 Å². The maximum absolute atomic E-state index is 13.2. The number of hydrogen-bond acceptors (Lipinski definition) is 2. The molecule has 2 nitrogen and oxygen atoms in total. The van der Waals surface area contributed by atoms with Crippen molar-refractivity contribution < 1.29 is 4.39 Å². The van der Waals surface area contributed by atoms with Crippen LogP contribution in [0.25, 0.3) is 0 Å². The van der Waals surface area contributed by atoms with Crippen molar-refractivity contribution in [1.82, 2.24) is 0 Å². The molecule has 0 radical (unpaired) electrons. The normalized spacial score (nSPS) is 14.7. The standard InChI is InChI=1S/C13H17FN2S/c1-2-7-16(10-4-5-10)12-6-3-9(14)8-11(12)13(15)17/h3,6,8,10H,2,4-5,7H2,1H3,(H2,15,17). The highest BCUT2D eigenvalue weighted by molar-refractivity contribution is 7.80. The largest absolute Gasteiger partial charge is 0.389 e. The lowest BCUT2D eigenvalue weighted by atomic mass is 10.1. The van der Waals surface area contributed by atoms with Gasteiger partial charge in [-0.25, -0.2) is 4.39 Å². The third-order valence-corrected chi connectivity index (χ3v) is 3.21. The molecule has 1 aliphatic rings. The van der Waals surface area contributed by atoms with Gasteiger partial charge in [0, 0.05) is 23.8 Å². The molecule has 0 unspecified atom stereocenters. The first-order valence-electron chi connectivity index (χ1n) is 5.99. The molecule has 92 valence electrons. The molecule has 0 atom stereocenters. The Balaban J connectivity index is 2.37. The summed E-state index contributed by atoms with van der Waals surface area (Å²) in [5, 5.41) is 0. The highest BCUT2D eigenvalue weighted by Crippen LogP contribution is 2.34. The van der Waals surface area contributed by atoms with E-state index in [1.165, 1.54) is 25.0 Å². The van der Waals surface area contributed by atoms with Crippen LogP contribution in [0, 0.1) is 5.82 Å². The maximum atomic E-state index is 13.2. The Morgan fingerprint density at radius 1 is 1.53 bits per heavy atom. The monoisotopic (exact) mass is 252 g/mol. The van der Waals surface area contributed by atoms with E-state index < -0.39 is 0 Å². The van der Waals surface area contributed by atoms with Crippen LogP contribution in [0.5, 0.6) is 0 Å². The molecule has 0 aromatic heterocycles. The number of thiocarbonyl (C=S) groups is 1. The average molecular weight is 252 g/mol. The van der Waals surface area contributed by atoms with Crippen molar-refractivity contribution in [2.45, 2.75) is 32.2 Å². The van der Waals surface area contributed by atoms with Crippen LogP contribution in [0.4, 0.5) is 10.1 Å². The van der Waals surface area contributed by atoms with Gasteiger partial charge < -0.3 is 10.6 Å². The van der Waals surface area contributed by atoms with Crippen molar-refractivity contribution in [2.24, 2.45) is 5.73 Å². The fraction of sp³-hybridized carbons (Fsp3) is 0.462. The van der Waals surface area contributed by atoms with Crippen LogP contribution in [0.15, 0.2) is 18.2 Å². The predicted molar refractivity (Wildman–Crippen MR) is 72.9 cm³/mol. The smallest absolute Gasteiger partial charge is 0.124 e.